The molecule has 1 atom stereocenters. The van der Waals surface area contributed by atoms with E-state index in [-0.39, 0.29) is 5.92 Å². The van der Waals surface area contributed by atoms with Gasteiger partial charge in [-0.05, 0) is 49.9 Å². The quantitative estimate of drug-likeness (QED) is 0.764. The number of Topliss-reactive ketones (excluding diaryl/α,β-unsaturated/α-hetero) is 1. The molecule has 1 aromatic heterocycles. The molecule has 16 heavy (non-hydrogen) atoms. The van der Waals surface area contributed by atoms with Crippen LogP contribution in [0.15, 0.2) is 24.5 Å². The Morgan fingerprint density at radius 2 is 2.25 bits per heavy atom. The third-order valence-electron chi connectivity index (χ3n) is 4.05. The van der Waals surface area contributed by atoms with Crippen LogP contribution in [-0.4, -0.2) is 23.9 Å². The van der Waals surface area contributed by atoms with Gasteiger partial charge in [-0.2, -0.15) is 0 Å². The molecule has 1 saturated carbocycles. The molecule has 2 aliphatic rings. The molecule has 0 radical (unpaired) electrons. The SMILES string of the molecule is O=C(c1cccnc1)C1CC12CCNCC2. The Balaban J connectivity index is 1.74. The average molecular weight is 216 g/mol. The number of rotatable bonds is 2. The van der Waals surface area contributed by atoms with Crippen molar-refractivity contribution in [2.24, 2.45) is 11.3 Å². The van der Waals surface area contributed by atoms with Crippen LogP contribution in [0, 0.1) is 11.3 Å². The van der Waals surface area contributed by atoms with Crippen molar-refractivity contribution in [2.45, 2.75) is 19.3 Å². The van der Waals surface area contributed by atoms with Gasteiger partial charge in [0.1, 0.15) is 0 Å². The van der Waals surface area contributed by atoms with E-state index < -0.39 is 0 Å². The summed E-state index contributed by atoms with van der Waals surface area (Å²) in [4.78, 5) is 16.2. The second kappa shape index (κ2) is 3.67. The van der Waals surface area contributed by atoms with Gasteiger partial charge in [-0.3, -0.25) is 9.78 Å². The predicted octanol–water partition coefficient (Wildman–Crippen LogP) is 1.65. The number of nitrogens with zero attached hydrogens (tertiary/aromatic N) is 1. The van der Waals surface area contributed by atoms with E-state index >= 15 is 0 Å². The number of piperidine rings is 1. The number of carbonyl (C=O) groups is 1. The van der Waals surface area contributed by atoms with Gasteiger partial charge < -0.3 is 5.32 Å². The summed E-state index contributed by atoms with van der Waals surface area (Å²) in [5.74, 6) is 0.564. The highest BCUT2D eigenvalue weighted by Gasteiger charge is 2.57. The Kier molecular flexibility index (Phi) is 2.28. The van der Waals surface area contributed by atoms with Gasteiger partial charge in [0.2, 0.25) is 0 Å². The van der Waals surface area contributed by atoms with Crippen LogP contribution in [0.5, 0.6) is 0 Å². The molecule has 2 fully saturated rings. The van der Waals surface area contributed by atoms with E-state index in [1.54, 1.807) is 12.4 Å². The van der Waals surface area contributed by atoms with Gasteiger partial charge >= 0.3 is 0 Å². The summed E-state index contributed by atoms with van der Waals surface area (Å²) in [6.45, 7) is 2.13. The van der Waals surface area contributed by atoms with Gasteiger partial charge in [-0.15, -0.1) is 0 Å². The second-order valence-electron chi connectivity index (χ2n) is 4.98. The van der Waals surface area contributed by atoms with E-state index in [0.717, 1.165) is 37.9 Å². The number of pyridine rings is 1. The molecule has 0 aromatic carbocycles. The molecule has 0 bridgehead atoms. The molecule has 1 spiro atoms. The molecular weight excluding hydrogens is 200 g/mol. The standard InChI is InChI=1S/C13H16N2O/c16-12(10-2-1-5-15-9-10)11-8-13(11)3-6-14-7-4-13/h1-2,5,9,11,14H,3-4,6-8H2. The fourth-order valence-corrected chi connectivity index (χ4v) is 2.91. The lowest BCUT2D eigenvalue weighted by Crippen LogP contribution is -2.30. The third-order valence-corrected chi connectivity index (χ3v) is 4.05. The maximum Gasteiger partial charge on any atom is 0.168 e. The first kappa shape index (κ1) is 9.97. The minimum absolute atomic E-state index is 0.263. The van der Waals surface area contributed by atoms with Gasteiger partial charge in [0.25, 0.3) is 0 Å². The van der Waals surface area contributed by atoms with Gasteiger partial charge in [-0.1, -0.05) is 0 Å². The van der Waals surface area contributed by atoms with Crippen molar-refractivity contribution in [3.63, 3.8) is 0 Å². The van der Waals surface area contributed by atoms with Gasteiger partial charge in [0.15, 0.2) is 5.78 Å². The zero-order valence-corrected chi connectivity index (χ0v) is 9.28. The number of ketones is 1. The molecule has 1 aliphatic heterocycles. The summed E-state index contributed by atoms with van der Waals surface area (Å²) in [5, 5.41) is 3.36. The van der Waals surface area contributed by atoms with E-state index in [1.807, 2.05) is 12.1 Å². The monoisotopic (exact) mass is 216 g/mol. The number of hydrogen-bond acceptors (Lipinski definition) is 3. The summed E-state index contributed by atoms with van der Waals surface area (Å²) < 4.78 is 0. The van der Waals surface area contributed by atoms with Crippen molar-refractivity contribution in [3.8, 4) is 0 Å². The molecule has 84 valence electrons. The largest absolute Gasteiger partial charge is 0.317 e. The van der Waals surface area contributed by atoms with Gasteiger partial charge in [-0.25, -0.2) is 0 Å². The Labute approximate surface area is 95.3 Å². The third kappa shape index (κ3) is 1.55. The fourth-order valence-electron chi connectivity index (χ4n) is 2.91. The van der Waals surface area contributed by atoms with Crippen LogP contribution in [0.4, 0.5) is 0 Å². The molecule has 1 N–H and O–H groups in total. The summed E-state index contributed by atoms with van der Waals surface area (Å²) in [6, 6.07) is 3.72. The van der Waals surface area contributed by atoms with E-state index in [1.165, 1.54) is 0 Å². The van der Waals surface area contributed by atoms with Crippen LogP contribution >= 0.6 is 0 Å². The maximum absolute atomic E-state index is 12.2. The Hall–Kier alpha value is -1.22. The lowest BCUT2D eigenvalue weighted by molar-refractivity contribution is 0.0940. The predicted molar refractivity (Wildman–Crippen MR) is 61.2 cm³/mol. The van der Waals surface area contributed by atoms with E-state index in [0.29, 0.717) is 11.2 Å². The molecular formula is C13H16N2O. The molecule has 0 amide bonds. The van der Waals surface area contributed by atoms with Crippen molar-refractivity contribution < 1.29 is 4.79 Å². The summed E-state index contributed by atoms with van der Waals surface area (Å²) >= 11 is 0. The number of carbonyl (C=O) groups excluding carboxylic acids is 1. The highest BCUT2D eigenvalue weighted by Crippen LogP contribution is 2.59. The van der Waals surface area contributed by atoms with Crippen LogP contribution in [0.3, 0.4) is 0 Å². The van der Waals surface area contributed by atoms with Crippen LogP contribution in [0.25, 0.3) is 0 Å². The zero-order chi connectivity index (χ0) is 11.0. The minimum Gasteiger partial charge on any atom is -0.317 e. The molecule has 1 aliphatic carbocycles. The van der Waals surface area contributed by atoms with Crippen molar-refractivity contribution in [1.82, 2.24) is 10.3 Å². The van der Waals surface area contributed by atoms with Crippen molar-refractivity contribution in [1.29, 1.82) is 0 Å². The van der Waals surface area contributed by atoms with Gasteiger partial charge in [0.05, 0.1) is 0 Å². The van der Waals surface area contributed by atoms with E-state index in [2.05, 4.69) is 10.3 Å². The smallest absolute Gasteiger partial charge is 0.168 e. The lowest BCUT2D eigenvalue weighted by Gasteiger charge is -2.23. The number of nitrogens with one attached hydrogen (secondary N) is 1. The molecule has 1 aromatic rings. The first-order valence-corrected chi connectivity index (χ1v) is 5.97. The van der Waals surface area contributed by atoms with Crippen molar-refractivity contribution in [2.75, 3.05) is 13.1 Å². The molecule has 3 nitrogen and oxygen atoms in total. The summed E-state index contributed by atoms with van der Waals surface area (Å²) in [7, 11) is 0. The summed E-state index contributed by atoms with van der Waals surface area (Å²) in [5.41, 5.74) is 1.11. The van der Waals surface area contributed by atoms with Crippen molar-refractivity contribution in [3.05, 3.63) is 30.1 Å². The van der Waals surface area contributed by atoms with E-state index in [9.17, 15) is 4.79 Å². The van der Waals surface area contributed by atoms with Gasteiger partial charge in [0, 0.05) is 23.9 Å². The number of aromatic nitrogens is 1. The Morgan fingerprint density at radius 3 is 2.94 bits per heavy atom. The first-order chi connectivity index (χ1) is 7.82. The van der Waals surface area contributed by atoms with Crippen molar-refractivity contribution >= 4 is 5.78 Å². The highest BCUT2D eigenvalue weighted by molar-refractivity contribution is 5.99. The second-order valence-corrected chi connectivity index (χ2v) is 4.98. The topological polar surface area (TPSA) is 42.0 Å². The van der Waals surface area contributed by atoms with Crippen LogP contribution in [0.2, 0.25) is 0 Å². The minimum atomic E-state index is 0.263. The molecule has 3 rings (SSSR count). The molecule has 1 saturated heterocycles. The van der Waals surface area contributed by atoms with Crippen LogP contribution in [0.1, 0.15) is 29.6 Å². The maximum atomic E-state index is 12.2. The lowest BCUT2D eigenvalue weighted by atomic mass is 9.89. The average Bonchev–Trinajstić information content (AvgIpc) is 3.04. The van der Waals surface area contributed by atoms with Crippen LogP contribution < -0.4 is 5.32 Å². The van der Waals surface area contributed by atoms with E-state index in [4.69, 9.17) is 0 Å². The molecule has 3 heteroatoms. The first-order valence-electron chi connectivity index (χ1n) is 5.97. The zero-order valence-electron chi connectivity index (χ0n) is 9.28. The normalized spacial score (nSPS) is 26.6. The molecule has 1 unspecified atom stereocenters. The Bertz CT molecular complexity index is 396. The molecule has 2 heterocycles. The summed E-state index contributed by atoms with van der Waals surface area (Å²) in [6.07, 6.45) is 6.80. The fraction of sp³-hybridized carbons (Fsp3) is 0.538. The Morgan fingerprint density at radius 1 is 1.44 bits per heavy atom. The van der Waals surface area contributed by atoms with Crippen LogP contribution in [-0.2, 0) is 0 Å². The highest BCUT2D eigenvalue weighted by atomic mass is 16.1. The number of hydrogen-bond donors (Lipinski definition) is 1.